The van der Waals surface area contributed by atoms with Crippen LogP contribution in [0.5, 0.6) is 0 Å². The zero-order chi connectivity index (χ0) is 14.8. The van der Waals surface area contributed by atoms with Crippen LogP contribution in [0.1, 0.15) is 11.1 Å². The molecule has 102 valence electrons. The van der Waals surface area contributed by atoms with Crippen molar-refractivity contribution in [2.45, 2.75) is 6.18 Å². The van der Waals surface area contributed by atoms with E-state index in [1.165, 1.54) is 24.3 Å². The number of nitriles is 1. The Balaban J connectivity index is 2.21. The fraction of sp³-hybridized carbons (Fsp3) is 0.0833. The summed E-state index contributed by atoms with van der Waals surface area (Å²) in [4.78, 5) is 10.7. The van der Waals surface area contributed by atoms with E-state index in [1.807, 2.05) is 6.07 Å². The Morgan fingerprint density at radius 3 is 2.75 bits per heavy atom. The Bertz CT molecular complexity index is 657. The van der Waals surface area contributed by atoms with Gasteiger partial charge >= 0.3 is 12.1 Å². The van der Waals surface area contributed by atoms with Crippen LogP contribution in [-0.2, 0) is 9.53 Å². The quantitative estimate of drug-likeness (QED) is 0.741. The van der Waals surface area contributed by atoms with Gasteiger partial charge in [0.15, 0.2) is 0 Å². The molecule has 1 aliphatic rings. The standard InChI is InChI=1S/C12H6F3N3O2/c13-12(14,15)11(19)20-10-4-2-8-5-7(6-16)1-3-9(8)17-18-10/h1-5,17H. The lowest BCUT2D eigenvalue weighted by atomic mass is 10.1. The van der Waals surface area contributed by atoms with Gasteiger partial charge < -0.3 is 4.74 Å². The molecule has 20 heavy (non-hydrogen) atoms. The van der Waals surface area contributed by atoms with Crippen molar-refractivity contribution >= 4 is 23.6 Å². The molecule has 2 rings (SSSR count). The van der Waals surface area contributed by atoms with Crippen molar-refractivity contribution in [3.05, 3.63) is 35.4 Å². The van der Waals surface area contributed by atoms with Gasteiger partial charge in [0.05, 0.1) is 17.3 Å². The van der Waals surface area contributed by atoms with Gasteiger partial charge in [-0.2, -0.15) is 18.4 Å². The molecule has 0 saturated heterocycles. The molecule has 0 unspecified atom stereocenters. The van der Waals surface area contributed by atoms with Gasteiger partial charge in [0.25, 0.3) is 0 Å². The zero-order valence-electron chi connectivity index (χ0n) is 9.73. The Morgan fingerprint density at radius 1 is 1.35 bits per heavy atom. The number of nitrogens with one attached hydrogen (secondary N) is 1. The minimum absolute atomic E-state index is 0.380. The number of ether oxygens (including phenoxy) is 1. The summed E-state index contributed by atoms with van der Waals surface area (Å²) < 4.78 is 40.3. The predicted octanol–water partition coefficient (Wildman–Crippen LogP) is 2.42. The molecule has 1 N–H and O–H groups in total. The van der Waals surface area contributed by atoms with Crippen LogP contribution < -0.4 is 5.43 Å². The molecule has 0 atom stereocenters. The number of hydrogen-bond acceptors (Lipinski definition) is 5. The third-order valence-corrected chi connectivity index (χ3v) is 2.30. The fourth-order valence-corrected chi connectivity index (χ4v) is 1.40. The summed E-state index contributed by atoms with van der Waals surface area (Å²) in [6, 6.07) is 6.50. The molecule has 0 bridgehead atoms. The molecule has 8 heteroatoms. The van der Waals surface area contributed by atoms with Gasteiger partial charge in [-0.15, -0.1) is 5.10 Å². The number of halogens is 3. The molecule has 1 aromatic carbocycles. The van der Waals surface area contributed by atoms with E-state index in [0.717, 1.165) is 6.08 Å². The molecule has 0 radical (unpaired) electrons. The topological polar surface area (TPSA) is 74.5 Å². The number of benzene rings is 1. The Labute approximate surface area is 111 Å². The molecular weight excluding hydrogens is 275 g/mol. The fourth-order valence-electron chi connectivity index (χ4n) is 1.40. The smallest absolute Gasteiger partial charge is 0.399 e. The lowest BCUT2D eigenvalue weighted by molar-refractivity contribution is -0.191. The van der Waals surface area contributed by atoms with Crippen LogP contribution in [0.4, 0.5) is 18.9 Å². The van der Waals surface area contributed by atoms with Crippen LogP contribution in [0.3, 0.4) is 0 Å². The van der Waals surface area contributed by atoms with Crippen molar-refractivity contribution in [3.63, 3.8) is 0 Å². The monoisotopic (exact) mass is 281 g/mol. The summed E-state index contributed by atoms with van der Waals surface area (Å²) in [6.45, 7) is 0. The van der Waals surface area contributed by atoms with Crippen LogP contribution in [0.25, 0.3) is 6.08 Å². The summed E-state index contributed by atoms with van der Waals surface area (Å²) in [5.74, 6) is -2.88. The van der Waals surface area contributed by atoms with E-state index in [2.05, 4.69) is 15.3 Å². The van der Waals surface area contributed by atoms with E-state index in [4.69, 9.17) is 5.26 Å². The molecular formula is C12H6F3N3O2. The first-order chi connectivity index (χ1) is 9.40. The van der Waals surface area contributed by atoms with Crippen LogP contribution in [0.2, 0.25) is 0 Å². The van der Waals surface area contributed by atoms with Gasteiger partial charge in [-0.1, -0.05) is 0 Å². The molecule has 1 aliphatic heterocycles. The number of fused-ring (bicyclic) bond motifs is 1. The number of carbonyl (C=O) groups is 1. The van der Waals surface area contributed by atoms with E-state index < -0.39 is 18.0 Å². The van der Waals surface area contributed by atoms with Gasteiger partial charge in [-0.05, 0) is 24.3 Å². The van der Waals surface area contributed by atoms with Gasteiger partial charge in [-0.25, -0.2) is 4.79 Å². The van der Waals surface area contributed by atoms with Crippen molar-refractivity contribution in [1.82, 2.24) is 0 Å². The number of hydrogen-bond donors (Lipinski definition) is 1. The van der Waals surface area contributed by atoms with Crippen LogP contribution in [-0.4, -0.2) is 18.0 Å². The highest BCUT2D eigenvalue weighted by Crippen LogP contribution is 2.22. The van der Waals surface area contributed by atoms with Crippen LogP contribution >= 0.6 is 0 Å². The van der Waals surface area contributed by atoms with Gasteiger partial charge in [-0.3, -0.25) is 5.43 Å². The SMILES string of the molecule is N#Cc1ccc2c(c1)C=CC(OC(=O)C(F)(F)F)=NN2. The highest BCUT2D eigenvalue weighted by atomic mass is 19.4. The van der Waals surface area contributed by atoms with E-state index in [9.17, 15) is 18.0 Å². The van der Waals surface area contributed by atoms with E-state index in [-0.39, 0.29) is 0 Å². The zero-order valence-corrected chi connectivity index (χ0v) is 9.73. The third-order valence-electron chi connectivity index (χ3n) is 2.30. The predicted molar refractivity (Wildman–Crippen MR) is 63.4 cm³/mol. The third kappa shape index (κ3) is 2.95. The minimum Gasteiger partial charge on any atom is -0.399 e. The molecule has 0 fully saturated rings. The molecule has 5 nitrogen and oxygen atoms in total. The molecule has 0 aromatic heterocycles. The number of rotatable bonds is 0. The largest absolute Gasteiger partial charge is 0.491 e. The van der Waals surface area contributed by atoms with Crippen molar-refractivity contribution in [3.8, 4) is 6.07 Å². The average Bonchev–Trinajstić information content (AvgIpc) is 2.60. The second-order valence-electron chi connectivity index (χ2n) is 3.70. The summed E-state index contributed by atoms with van der Waals surface area (Å²) in [5.41, 5.74) is 3.84. The molecule has 0 amide bonds. The summed E-state index contributed by atoms with van der Waals surface area (Å²) in [6.07, 6.45) is -2.61. The van der Waals surface area contributed by atoms with Gasteiger partial charge in [0.2, 0.25) is 5.90 Å². The number of nitrogens with zero attached hydrogens (tertiary/aromatic N) is 2. The lowest BCUT2D eigenvalue weighted by Crippen LogP contribution is -2.27. The summed E-state index contributed by atoms with van der Waals surface area (Å²) >= 11 is 0. The molecule has 0 aliphatic carbocycles. The maximum Gasteiger partial charge on any atom is 0.491 e. The molecule has 1 aromatic rings. The lowest BCUT2D eigenvalue weighted by Gasteiger charge is -2.06. The number of hydrazone groups is 1. The van der Waals surface area contributed by atoms with Crippen molar-refractivity contribution in [2.24, 2.45) is 5.10 Å². The van der Waals surface area contributed by atoms with Crippen LogP contribution in [0.15, 0.2) is 29.4 Å². The number of alkyl halides is 3. The number of anilines is 1. The van der Waals surface area contributed by atoms with E-state index >= 15 is 0 Å². The highest BCUT2D eigenvalue weighted by molar-refractivity contribution is 6.01. The maximum absolute atomic E-state index is 12.1. The minimum atomic E-state index is -5.09. The maximum atomic E-state index is 12.1. The summed E-state index contributed by atoms with van der Waals surface area (Å²) in [7, 11) is 0. The molecule has 0 saturated carbocycles. The van der Waals surface area contributed by atoms with Crippen LogP contribution in [0, 0.1) is 11.3 Å². The number of carbonyl (C=O) groups excluding carboxylic acids is 1. The Kier molecular flexibility index (Phi) is 3.43. The van der Waals surface area contributed by atoms with E-state index in [0.29, 0.717) is 16.8 Å². The molecule has 1 heterocycles. The normalized spacial score (nSPS) is 13.4. The number of esters is 1. The first-order valence-electron chi connectivity index (χ1n) is 5.25. The molecule has 0 spiro atoms. The second-order valence-corrected chi connectivity index (χ2v) is 3.70. The van der Waals surface area contributed by atoms with Gasteiger partial charge in [0.1, 0.15) is 0 Å². The first-order valence-corrected chi connectivity index (χ1v) is 5.25. The van der Waals surface area contributed by atoms with Crippen molar-refractivity contribution in [2.75, 3.05) is 5.43 Å². The second kappa shape index (κ2) is 5.05. The average molecular weight is 281 g/mol. The van der Waals surface area contributed by atoms with Crippen molar-refractivity contribution in [1.29, 1.82) is 5.26 Å². The highest BCUT2D eigenvalue weighted by Gasteiger charge is 2.41. The van der Waals surface area contributed by atoms with Crippen molar-refractivity contribution < 1.29 is 22.7 Å². The Morgan fingerprint density at radius 2 is 2.10 bits per heavy atom. The Hall–Kier alpha value is -2.82. The van der Waals surface area contributed by atoms with E-state index in [1.54, 1.807) is 0 Å². The summed E-state index contributed by atoms with van der Waals surface area (Å²) in [5, 5.41) is 12.3. The first kappa shape index (κ1) is 13.6. The van der Waals surface area contributed by atoms with Gasteiger partial charge in [0, 0.05) is 11.6 Å².